The molecule has 0 saturated heterocycles. The third kappa shape index (κ3) is 7.95. The fraction of sp³-hybridized carbons (Fsp3) is 0.176. The molecule has 0 N–H and O–H groups in total. The normalized spacial score (nSPS) is 9.14. The fourth-order valence-electron chi connectivity index (χ4n) is 1.43. The van der Waals surface area contributed by atoms with E-state index in [1.807, 2.05) is 49.6 Å². The van der Waals surface area contributed by atoms with Crippen molar-refractivity contribution in [1.29, 1.82) is 0 Å². The zero-order valence-corrected chi connectivity index (χ0v) is 13.0. The average Bonchev–Trinajstić information content (AvgIpc) is 3.09. The molecule has 2 heterocycles. The van der Waals surface area contributed by atoms with Crippen LogP contribution in [0.5, 0.6) is 0 Å². The Morgan fingerprint density at radius 3 is 1.90 bits per heavy atom. The molecule has 0 aliphatic carbocycles. The lowest BCUT2D eigenvalue weighted by Crippen LogP contribution is -1.90. The summed E-state index contributed by atoms with van der Waals surface area (Å²) in [6.07, 6.45) is 5.27. The minimum atomic E-state index is -0.0995. The molecular formula is C17H19FN2S. The van der Waals surface area contributed by atoms with Crippen molar-refractivity contribution in [3.63, 3.8) is 0 Å². The predicted molar refractivity (Wildman–Crippen MR) is 86.8 cm³/mol. The van der Waals surface area contributed by atoms with Gasteiger partial charge in [0.05, 0.1) is 5.51 Å². The van der Waals surface area contributed by atoms with E-state index < -0.39 is 0 Å². The van der Waals surface area contributed by atoms with Crippen LogP contribution in [0.4, 0.5) is 4.39 Å². The van der Waals surface area contributed by atoms with Crippen LogP contribution in [-0.4, -0.2) is 9.97 Å². The van der Waals surface area contributed by atoms with Gasteiger partial charge in [-0.15, -0.1) is 11.3 Å². The Morgan fingerprint density at radius 2 is 1.62 bits per heavy atom. The van der Waals surface area contributed by atoms with Crippen molar-refractivity contribution in [2.24, 2.45) is 0 Å². The SMILES string of the molecule is CC(C)c1ccccc1F.c1ccncc1.c1cscn1. The average molecular weight is 302 g/mol. The van der Waals surface area contributed by atoms with Crippen molar-refractivity contribution in [1.82, 2.24) is 9.97 Å². The van der Waals surface area contributed by atoms with Crippen LogP contribution in [0.25, 0.3) is 0 Å². The standard InChI is InChI=1S/C9H11F.C5H5N.C3H3NS/c1-7(2)8-5-3-4-6-9(8)10;1-2-4-6-5-3-1;1-2-5-3-4-1/h3-7H,1-2H3;1-5H;1-3H. The third-order valence-electron chi connectivity index (χ3n) is 2.44. The molecule has 0 spiro atoms. The highest BCUT2D eigenvalue weighted by Crippen LogP contribution is 2.16. The van der Waals surface area contributed by atoms with Gasteiger partial charge in [-0.3, -0.25) is 9.97 Å². The Morgan fingerprint density at radius 1 is 0.905 bits per heavy atom. The highest BCUT2D eigenvalue weighted by atomic mass is 32.1. The smallest absolute Gasteiger partial charge is 0.126 e. The maximum Gasteiger partial charge on any atom is 0.126 e. The van der Waals surface area contributed by atoms with Gasteiger partial charge in [-0.25, -0.2) is 4.39 Å². The zero-order valence-electron chi connectivity index (χ0n) is 12.2. The van der Waals surface area contributed by atoms with E-state index in [1.165, 1.54) is 6.07 Å². The van der Waals surface area contributed by atoms with E-state index in [-0.39, 0.29) is 11.7 Å². The molecule has 21 heavy (non-hydrogen) atoms. The van der Waals surface area contributed by atoms with E-state index in [2.05, 4.69) is 9.97 Å². The number of hydrogen-bond acceptors (Lipinski definition) is 3. The van der Waals surface area contributed by atoms with Gasteiger partial charge in [0.25, 0.3) is 0 Å². The number of benzene rings is 1. The lowest BCUT2D eigenvalue weighted by atomic mass is 10.0. The third-order valence-corrected chi connectivity index (χ3v) is 2.96. The van der Waals surface area contributed by atoms with E-state index in [4.69, 9.17) is 0 Å². The number of hydrogen-bond donors (Lipinski definition) is 0. The van der Waals surface area contributed by atoms with Crippen molar-refractivity contribution >= 4 is 11.3 Å². The van der Waals surface area contributed by atoms with Gasteiger partial charge >= 0.3 is 0 Å². The number of thiazole rings is 1. The van der Waals surface area contributed by atoms with Crippen molar-refractivity contribution in [3.05, 3.63) is 83.3 Å². The minimum Gasteiger partial charge on any atom is -0.265 e. The van der Waals surface area contributed by atoms with E-state index in [0.717, 1.165) is 5.56 Å². The van der Waals surface area contributed by atoms with Crippen LogP contribution >= 0.6 is 11.3 Å². The van der Waals surface area contributed by atoms with E-state index in [9.17, 15) is 4.39 Å². The molecule has 0 aliphatic heterocycles. The van der Waals surface area contributed by atoms with Gasteiger partial charge in [0.1, 0.15) is 5.82 Å². The molecule has 0 aliphatic rings. The van der Waals surface area contributed by atoms with Gasteiger partial charge in [-0.2, -0.15) is 0 Å². The minimum absolute atomic E-state index is 0.0995. The van der Waals surface area contributed by atoms with Gasteiger partial charge in [-0.1, -0.05) is 38.1 Å². The topological polar surface area (TPSA) is 25.8 Å². The van der Waals surface area contributed by atoms with Crippen LogP contribution in [-0.2, 0) is 0 Å². The summed E-state index contributed by atoms with van der Waals surface area (Å²) < 4.78 is 12.8. The Labute approximate surface area is 129 Å². The first-order chi connectivity index (χ1) is 10.2. The summed E-state index contributed by atoms with van der Waals surface area (Å²) >= 11 is 1.60. The zero-order chi connectivity index (χ0) is 15.3. The Balaban J connectivity index is 0.000000170. The molecular weight excluding hydrogens is 283 g/mol. The lowest BCUT2D eigenvalue weighted by Gasteiger charge is -2.04. The van der Waals surface area contributed by atoms with Gasteiger partial charge in [0, 0.05) is 24.0 Å². The van der Waals surface area contributed by atoms with Gasteiger partial charge in [0.2, 0.25) is 0 Å². The van der Waals surface area contributed by atoms with Crippen LogP contribution in [0.3, 0.4) is 0 Å². The molecule has 0 radical (unpaired) electrons. The van der Waals surface area contributed by atoms with Crippen LogP contribution in [0.15, 0.2) is 71.9 Å². The van der Waals surface area contributed by atoms with E-state index >= 15 is 0 Å². The first-order valence-corrected chi connectivity index (χ1v) is 7.57. The maximum absolute atomic E-state index is 12.8. The highest BCUT2D eigenvalue weighted by Gasteiger charge is 2.02. The number of aromatic nitrogens is 2. The molecule has 3 rings (SSSR count). The van der Waals surface area contributed by atoms with Crippen LogP contribution in [0.2, 0.25) is 0 Å². The fourth-order valence-corrected chi connectivity index (χ4v) is 1.78. The number of pyridine rings is 1. The van der Waals surface area contributed by atoms with Gasteiger partial charge in [0.15, 0.2) is 0 Å². The molecule has 4 heteroatoms. The summed E-state index contributed by atoms with van der Waals surface area (Å²) in [4.78, 5) is 7.53. The second-order valence-corrected chi connectivity index (χ2v) is 5.13. The second kappa shape index (κ2) is 10.7. The monoisotopic (exact) mass is 302 g/mol. The Hall–Kier alpha value is -2.07. The van der Waals surface area contributed by atoms with Crippen molar-refractivity contribution in [2.45, 2.75) is 19.8 Å². The first-order valence-electron chi connectivity index (χ1n) is 6.63. The van der Waals surface area contributed by atoms with Crippen molar-refractivity contribution in [2.75, 3.05) is 0 Å². The van der Waals surface area contributed by atoms with E-state index in [1.54, 1.807) is 41.5 Å². The molecule has 3 aromatic rings. The first kappa shape index (κ1) is 17.0. The summed E-state index contributed by atoms with van der Waals surface area (Å²) in [7, 11) is 0. The predicted octanol–water partition coefficient (Wildman–Crippen LogP) is 5.17. The molecule has 0 atom stereocenters. The summed E-state index contributed by atoms with van der Waals surface area (Å²) in [5, 5.41) is 1.93. The van der Waals surface area contributed by atoms with Crippen LogP contribution in [0, 0.1) is 5.82 Å². The summed E-state index contributed by atoms with van der Waals surface area (Å²) in [5.41, 5.74) is 2.59. The quantitative estimate of drug-likeness (QED) is 0.619. The Kier molecular flexibility index (Phi) is 8.64. The van der Waals surface area contributed by atoms with Gasteiger partial charge < -0.3 is 0 Å². The van der Waals surface area contributed by atoms with E-state index in [0.29, 0.717) is 0 Å². The van der Waals surface area contributed by atoms with Crippen LogP contribution in [0.1, 0.15) is 25.3 Å². The molecule has 1 aromatic carbocycles. The molecule has 0 fully saturated rings. The highest BCUT2D eigenvalue weighted by molar-refractivity contribution is 7.07. The molecule has 110 valence electrons. The molecule has 2 nitrogen and oxygen atoms in total. The molecule has 0 saturated carbocycles. The lowest BCUT2D eigenvalue weighted by molar-refractivity contribution is 0.598. The van der Waals surface area contributed by atoms with Crippen molar-refractivity contribution in [3.8, 4) is 0 Å². The van der Waals surface area contributed by atoms with Gasteiger partial charge in [-0.05, 0) is 29.7 Å². The molecule has 0 bridgehead atoms. The van der Waals surface area contributed by atoms with Crippen molar-refractivity contribution < 1.29 is 4.39 Å². The second-order valence-electron chi connectivity index (χ2n) is 4.38. The molecule has 0 amide bonds. The van der Waals surface area contributed by atoms with Crippen LogP contribution < -0.4 is 0 Å². The number of halogens is 1. The number of nitrogens with zero attached hydrogens (tertiary/aromatic N) is 2. The molecule has 2 aromatic heterocycles. The summed E-state index contributed by atoms with van der Waals surface area (Å²) in [6.45, 7) is 3.97. The largest absolute Gasteiger partial charge is 0.265 e. The molecule has 0 unspecified atom stereocenters. The summed E-state index contributed by atoms with van der Waals surface area (Å²) in [6, 6.07) is 12.6. The number of rotatable bonds is 1. The summed E-state index contributed by atoms with van der Waals surface area (Å²) in [5.74, 6) is 0.179. The maximum atomic E-state index is 12.8. The Bertz CT molecular complexity index is 524.